The van der Waals surface area contributed by atoms with Crippen LogP contribution in [0.3, 0.4) is 0 Å². The molecule has 0 N–H and O–H groups in total. The van der Waals surface area contributed by atoms with Crippen molar-refractivity contribution in [1.82, 2.24) is 0 Å². The molecule has 0 spiro atoms. The summed E-state index contributed by atoms with van der Waals surface area (Å²) in [5, 5.41) is 4.69. The Labute approximate surface area is 147 Å². The molecule has 0 saturated carbocycles. The van der Waals surface area contributed by atoms with Crippen LogP contribution in [0.2, 0.25) is 0 Å². The molecule has 0 aliphatic carbocycles. The molecule has 0 aliphatic heterocycles. The third kappa shape index (κ3) is 2.07. The van der Waals surface area contributed by atoms with Gasteiger partial charge in [0, 0.05) is 20.6 Å². The molecule has 0 radical (unpaired) electrons. The molecule has 1 aromatic heterocycles. The highest BCUT2D eigenvalue weighted by atomic mass is 79.9. The number of furan rings is 1. The number of hydrogen-bond acceptors (Lipinski definition) is 1. The topological polar surface area (TPSA) is 13.1 Å². The first-order valence-electron chi connectivity index (χ1n) is 7.89. The first-order valence-corrected chi connectivity index (χ1v) is 8.69. The summed E-state index contributed by atoms with van der Waals surface area (Å²) < 4.78 is 7.26. The monoisotopic (exact) mass is 372 g/mol. The zero-order chi connectivity index (χ0) is 16.1. The zero-order valence-electron chi connectivity index (χ0n) is 12.8. The van der Waals surface area contributed by atoms with Crippen LogP contribution in [0.1, 0.15) is 0 Å². The molecule has 5 rings (SSSR count). The molecular formula is C22H13BrO. The van der Waals surface area contributed by atoms with Crippen LogP contribution in [-0.4, -0.2) is 0 Å². The normalized spacial score (nSPS) is 11.5. The number of halogens is 1. The first kappa shape index (κ1) is 13.8. The molecule has 1 nitrogen and oxygen atoms in total. The molecule has 0 unspecified atom stereocenters. The van der Waals surface area contributed by atoms with Crippen molar-refractivity contribution in [3.05, 3.63) is 83.3 Å². The average molecular weight is 373 g/mol. The second-order valence-electron chi connectivity index (χ2n) is 5.99. The summed E-state index contributed by atoms with van der Waals surface area (Å²) in [6.45, 7) is 0. The standard InChI is InChI=1S/C22H13BrO/c23-17-5-3-4-15(12-17)16-9-8-14-10-11-19-18-6-1-2-7-21(18)24-22(19)20(14)13-16/h1-13H. The summed E-state index contributed by atoms with van der Waals surface area (Å²) in [6, 6.07) is 27.5. The summed E-state index contributed by atoms with van der Waals surface area (Å²) >= 11 is 3.55. The fourth-order valence-electron chi connectivity index (χ4n) is 3.35. The Bertz CT molecular complexity index is 1220. The van der Waals surface area contributed by atoms with Crippen LogP contribution >= 0.6 is 15.9 Å². The fourth-order valence-corrected chi connectivity index (χ4v) is 3.75. The Morgan fingerprint density at radius 1 is 0.625 bits per heavy atom. The largest absolute Gasteiger partial charge is 0.455 e. The van der Waals surface area contributed by atoms with Crippen molar-refractivity contribution in [1.29, 1.82) is 0 Å². The predicted octanol–water partition coefficient (Wildman–Crippen LogP) is 7.17. The van der Waals surface area contributed by atoms with Crippen molar-refractivity contribution in [3.8, 4) is 11.1 Å². The van der Waals surface area contributed by atoms with Gasteiger partial charge in [0.2, 0.25) is 0 Å². The van der Waals surface area contributed by atoms with Crippen molar-refractivity contribution in [2.45, 2.75) is 0 Å². The summed E-state index contributed by atoms with van der Waals surface area (Å²) in [4.78, 5) is 0. The molecule has 0 amide bonds. The Hall–Kier alpha value is -2.58. The molecule has 0 aliphatic rings. The van der Waals surface area contributed by atoms with Crippen LogP contribution in [-0.2, 0) is 0 Å². The lowest BCUT2D eigenvalue weighted by atomic mass is 9.99. The zero-order valence-corrected chi connectivity index (χ0v) is 14.4. The molecule has 4 aromatic carbocycles. The lowest BCUT2D eigenvalue weighted by Gasteiger charge is -2.05. The van der Waals surface area contributed by atoms with Gasteiger partial charge >= 0.3 is 0 Å². The Kier molecular flexibility index (Phi) is 3.00. The van der Waals surface area contributed by atoms with Crippen molar-refractivity contribution < 1.29 is 4.42 Å². The minimum absolute atomic E-state index is 0.938. The van der Waals surface area contributed by atoms with E-state index >= 15 is 0 Å². The Morgan fingerprint density at radius 2 is 1.46 bits per heavy atom. The molecule has 114 valence electrons. The van der Waals surface area contributed by atoms with E-state index in [0.29, 0.717) is 0 Å². The van der Waals surface area contributed by atoms with Crippen molar-refractivity contribution in [2.75, 3.05) is 0 Å². The molecular weight excluding hydrogens is 360 g/mol. The van der Waals surface area contributed by atoms with Gasteiger partial charge in [0.1, 0.15) is 11.2 Å². The van der Waals surface area contributed by atoms with E-state index in [9.17, 15) is 0 Å². The molecule has 5 aromatic rings. The number of benzene rings is 4. The minimum atomic E-state index is 0.938. The fraction of sp³-hybridized carbons (Fsp3) is 0. The maximum Gasteiger partial charge on any atom is 0.143 e. The van der Waals surface area contributed by atoms with Crippen LogP contribution in [0.25, 0.3) is 43.8 Å². The van der Waals surface area contributed by atoms with Gasteiger partial charge < -0.3 is 4.42 Å². The van der Waals surface area contributed by atoms with Crippen molar-refractivity contribution >= 4 is 48.6 Å². The van der Waals surface area contributed by atoms with E-state index < -0.39 is 0 Å². The highest BCUT2D eigenvalue weighted by Gasteiger charge is 2.10. The molecule has 0 saturated heterocycles. The third-order valence-electron chi connectivity index (χ3n) is 4.52. The van der Waals surface area contributed by atoms with Crippen LogP contribution in [0.15, 0.2) is 87.8 Å². The van der Waals surface area contributed by atoms with Gasteiger partial charge in [-0.15, -0.1) is 0 Å². The minimum Gasteiger partial charge on any atom is -0.455 e. The van der Waals surface area contributed by atoms with E-state index in [-0.39, 0.29) is 0 Å². The van der Waals surface area contributed by atoms with Gasteiger partial charge in [-0.2, -0.15) is 0 Å². The third-order valence-corrected chi connectivity index (χ3v) is 5.01. The van der Waals surface area contributed by atoms with Gasteiger partial charge in [-0.1, -0.05) is 64.5 Å². The van der Waals surface area contributed by atoms with E-state index in [1.807, 2.05) is 18.2 Å². The smallest absolute Gasteiger partial charge is 0.143 e. The SMILES string of the molecule is Brc1cccc(-c2ccc3ccc4c5ccccc5oc4c3c2)c1. The first-order chi connectivity index (χ1) is 11.8. The number of fused-ring (bicyclic) bond motifs is 5. The molecule has 0 bridgehead atoms. The summed E-state index contributed by atoms with van der Waals surface area (Å²) in [6.07, 6.45) is 0. The van der Waals surface area contributed by atoms with Crippen LogP contribution in [0.5, 0.6) is 0 Å². The average Bonchev–Trinajstić information content (AvgIpc) is 3.00. The number of hydrogen-bond donors (Lipinski definition) is 0. The van der Waals surface area contributed by atoms with Gasteiger partial charge in [0.05, 0.1) is 0 Å². The number of para-hydroxylation sites is 1. The van der Waals surface area contributed by atoms with E-state index in [1.54, 1.807) is 0 Å². The van der Waals surface area contributed by atoms with Gasteiger partial charge in [-0.3, -0.25) is 0 Å². The van der Waals surface area contributed by atoms with E-state index in [0.717, 1.165) is 21.0 Å². The lowest BCUT2D eigenvalue weighted by molar-refractivity contribution is 0.672. The Balaban J connectivity index is 1.85. The molecule has 0 fully saturated rings. The van der Waals surface area contributed by atoms with Crippen LogP contribution in [0, 0.1) is 0 Å². The van der Waals surface area contributed by atoms with Gasteiger partial charge in [-0.25, -0.2) is 0 Å². The van der Waals surface area contributed by atoms with Gasteiger partial charge in [0.15, 0.2) is 0 Å². The highest BCUT2D eigenvalue weighted by Crippen LogP contribution is 2.35. The molecule has 24 heavy (non-hydrogen) atoms. The molecule has 2 heteroatoms. The van der Waals surface area contributed by atoms with Crippen molar-refractivity contribution in [3.63, 3.8) is 0 Å². The quantitative estimate of drug-likeness (QED) is 0.304. The van der Waals surface area contributed by atoms with Crippen LogP contribution < -0.4 is 0 Å². The summed E-state index contributed by atoms with van der Waals surface area (Å²) in [5.74, 6) is 0. The number of rotatable bonds is 1. The van der Waals surface area contributed by atoms with E-state index in [1.165, 1.54) is 27.3 Å². The van der Waals surface area contributed by atoms with Crippen molar-refractivity contribution in [2.24, 2.45) is 0 Å². The second kappa shape index (κ2) is 5.22. The maximum atomic E-state index is 6.17. The van der Waals surface area contributed by atoms with Gasteiger partial charge in [0.25, 0.3) is 0 Å². The summed E-state index contributed by atoms with van der Waals surface area (Å²) in [5.41, 5.74) is 4.29. The van der Waals surface area contributed by atoms with Crippen LogP contribution in [0.4, 0.5) is 0 Å². The second-order valence-corrected chi connectivity index (χ2v) is 6.90. The Morgan fingerprint density at radius 3 is 2.38 bits per heavy atom. The summed E-state index contributed by atoms with van der Waals surface area (Å²) in [7, 11) is 0. The van der Waals surface area contributed by atoms with E-state index in [4.69, 9.17) is 4.42 Å². The molecule has 1 heterocycles. The highest BCUT2D eigenvalue weighted by molar-refractivity contribution is 9.10. The van der Waals surface area contributed by atoms with Gasteiger partial charge in [-0.05, 0) is 46.8 Å². The molecule has 0 atom stereocenters. The van der Waals surface area contributed by atoms with E-state index in [2.05, 4.69) is 76.6 Å². The maximum absolute atomic E-state index is 6.17. The predicted molar refractivity (Wildman–Crippen MR) is 104 cm³/mol. The lowest BCUT2D eigenvalue weighted by Crippen LogP contribution is -1.80.